The second-order valence-electron chi connectivity index (χ2n) is 7.12. The standard InChI is InChI=1S/C23H21NO2.C2H6.H2/c1-14(25)15-2-4-16(5-3-15)21-10-11-22(21)19-8-6-18-13-20(23(24)26)9-7-17(18)12-19;1-2;/h2-6,8,10-12,20H,7,9,13H2,1H3,(H2,24,26);1-2H3;1H. The van der Waals surface area contributed by atoms with E-state index in [1.54, 1.807) is 6.92 Å². The molecule has 2 aromatic carbocycles. The third-order valence-corrected chi connectivity index (χ3v) is 5.46. The molecular weight excluding hydrogens is 346 g/mol. The zero-order chi connectivity index (χ0) is 20.3. The lowest BCUT2D eigenvalue weighted by atomic mass is 9.80. The molecule has 0 aromatic heterocycles. The molecule has 28 heavy (non-hydrogen) atoms. The van der Waals surface area contributed by atoms with Gasteiger partial charge in [-0.25, -0.2) is 0 Å². The zero-order valence-corrected chi connectivity index (χ0v) is 16.8. The number of rotatable bonds is 4. The minimum atomic E-state index is -0.194. The van der Waals surface area contributed by atoms with Gasteiger partial charge in [0.2, 0.25) is 5.91 Å². The molecule has 0 heterocycles. The molecule has 1 unspecified atom stereocenters. The third-order valence-electron chi connectivity index (χ3n) is 5.46. The first-order valence-corrected chi connectivity index (χ1v) is 9.98. The van der Waals surface area contributed by atoms with Crippen LogP contribution in [0.3, 0.4) is 0 Å². The lowest BCUT2D eigenvalue weighted by Gasteiger charge is -2.24. The number of nitrogens with two attached hydrogens (primary N) is 1. The Morgan fingerprint density at radius 3 is 2.11 bits per heavy atom. The van der Waals surface area contributed by atoms with Gasteiger partial charge in [0.25, 0.3) is 0 Å². The highest BCUT2D eigenvalue weighted by atomic mass is 16.1. The maximum atomic E-state index is 11.4. The van der Waals surface area contributed by atoms with Gasteiger partial charge in [0.1, 0.15) is 0 Å². The smallest absolute Gasteiger partial charge is 0.220 e. The normalized spacial score (nSPS) is 17.2. The molecule has 0 spiro atoms. The van der Waals surface area contributed by atoms with E-state index in [-0.39, 0.29) is 19.0 Å². The van der Waals surface area contributed by atoms with Crippen molar-refractivity contribution in [2.45, 2.75) is 40.0 Å². The fourth-order valence-corrected chi connectivity index (χ4v) is 3.80. The van der Waals surface area contributed by atoms with Crippen LogP contribution in [0.4, 0.5) is 0 Å². The number of amides is 1. The molecule has 4 rings (SSSR count). The summed E-state index contributed by atoms with van der Waals surface area (Å²) in [6, 6.07) is 14.3. The molecule has 2 aliphatic rings. The number of Topliss-reactive ketones (excluding diaryl/α,β-unsaturated/α-hetero) is 1. The number of carbonyl (C=O) groups excluding carboxylic acids is 2. The molecule has 0 saturated heterocycles. The van der Waals surface area contributed by atoms with Gasteiger partial charge in [0, 0.05) is 12.9 Å². The van der Waals surface area contributed by atoms with Crippen molar-refractivity contribution in [3.8, 4) is 0 Å². The summed E-state index contributed by atoms with van der Waals surface area (Å²) in [4.78, 5) is 22.9. The number of benzene rings is 2. The minimum Gasteiger partial charge on any atom is -0.369 e. The van der Waals surface area contributed by atoms with Crippen LogP contribution in [0, 0.1) is 5.92 Å². The third kappa shape index (κ3) is 3.84. The average Bonchev–Trinajstić information content (AvgIpc) is 2.68. The number of ketones is 1. The fourth-order valence-electron chi connectivity index (χ4n) is 3.80. The molecule has 0 radical (unpaired) electrons. The highest BCUT2D eigenvalue weighted by molar-refractivity contribution is 6.07. The Morgan fingerprint density at radius 1 is 0.929 bits per heavy atom. The summed E-state index contributed by atoms with van der Waals surface area (Å²) >= 11 is 0. The summed E-state index contributed by atoms with van der Waals surface area (Å²) in [5, 5.41) is 0. The average molecular weight is 376 g/mol. The van der Waals surface area contributed by atoms with Crippen LogP contribution in [0.25, 0.3) is 11.1 Å². The Labute approximate surface area is 168 Å². The first kappa shape index (κ1) is 19.8. The molecule has 0 saturated carbocycles. The summed E-state index contributed by atoms with van der Waals surface area (Å²) < 4.78 is 0. The van der Waals surface area contributed by atoms with E-state index in [0.29, 0.717) is 0 Å². The Morgan fingerprint density at radius 2 is 1.54 bits per heavy atom. The quantitative estimate of drug-likeness (QED) is 0.744. The largest absolute Gasteiger partial charge is 0.369 e. The van der Waals surface area contributed by atoms with Gasteiger partial charge in [-0.1, -0.05) is 68.5 Å². The number of allylic oxidation sites excluding steroid dienone is 4. The van der Waals surface area contributed by atoms with Crippen molar-refractivity contribution >= 4 is 22.8 Å². The number of carbonyl (C=O) groups is 2. The summed E-state index contributed by atoms with van der Waals surface area (Å²) in [6.07, 6.45) is 6.72. The molecule has 2 aliphatic carbocycles. The molecule has 1 amide bonds. The van der Waals surface area contributed by atoms with Crippen molar-refractivity contribution in [2.24, 2.45) is 11.7 Å². The first-order chi connectivity index (χ1) is 13.5. The van der Waals surface area contributed by atoms with Crippen molar-refractivity contribution in [1.29, 1.82) is 0 Å². The Bertz CT molecular complexity index is 971. The van der Waals surface area contributed by atoms with Crippen LogP contribution in [0.1, 0.15) is 61.2 Å². The summed E-state index contributed by atoms with van der Waals surface area (Å²) in [5.74, 6) is -0.147. The molecule has 1 atom stereocenters. The van der Waals surface area contributed by atoms with Crippen molar-refractivity contribution in [1.82, 2.24) is 0 Å². The molecule has 2 aromatic rings. The minimum absolute atomic E-state index is 0. The topological polar surface area (TPSA) is 60.2 Å². The summed E-state index contributed by atoms with van der Waals surface area (Å²) in [5.41, 5.74) is 13.5. The second kappa shape index (κ2) is 8.39. The van der Waals surface area contributed by atoms with E-state index in [4.69, 9.17) is 5.73 Å². The second-order valence-corrected chi connectivity index (χ2v) is 7.12. The van der Waals surface area contributed by atoms with Gasteiger partial charge in [-0.05, 0) is 59.6 Å². The van der Waals surface area contributed by atoms with Crippen LogP contribution in [0.15, 0.2) is 54.6 Å². The van der Waals surface area contributed by atoms with Gasteiger partial charge >= 0.3 is 0 Å². The van der Waals surface area contributed by atoms with E-state index in [1.165, 1.54) is 27.8 Å². The summed E-state index contributed by atoms with van der Waals surface area (Å²) in [6.45, 7) is 5.58. The number of aryl methyl sites for hydroxylation is 1. The highest BCUT2D eigenvalue weighted by Gasteiger charge is 2.23. The van der Waals surface area contributed by atoms with Crippen LogP contribution in [-0.4, -0.2) is 11.7 Å². The SMILES string of the molecule is CC.CC(=O)c1ccc(C2=C(c3ccc4c(c3)CCC(C(N)=O)C4)C=C2)cc1.[HH]. The van der Waals surface area contributed by atoms with E-state index < -0.39 is 0 Å². The van der Waals surface area contributed by atoms with Crippen molar-refractivity contribution in [2.75, 3.05) is 0 Å². The molecule has 3 nitrogen and oxygen atoms in total. The highest BCUT2D eigenvalue weighted by Crippen LogP contribution is 2.37. The van der Waals surface area contributed by atoms with Crippen molar-refractivity contribution < 1.29 is 11.0 Å². The Balaban J connectivity index is 0.000000970. The van der Waals surface area contributed by atoms with Crippen molar-refractivity contribution in [3.63, 3.8) is 0 Å². The molecule has 3 heteroatoms. The maximum Gasteiger partial charge on any atom is 0.220 e. The van der Waals surface area contributed by atoms with Gasteiger partial charge in [0.15, 0.2) is 5.78 Å². The molecular formula is C25H29NO2. The van der Waals surface area contributed by atoms with E-state index in [9.17, 15) is 9.59 Å². The Kier molecular flexibility index (Phi) is 5.93. The van der Waals surface area contributed by atoms with Crippen LogP contribution in [-0.2, 0) is 17.6 Å². The van der Waals surface area contributed by atoms with Gasteiger partial charge in [-0.2, -0.15) is 0 Å². The number of hydrogen-bond acceptors (Lipinski definition) is 2. The predicted octanol–water partition coefficient (Wildman–Crippen LogP) is 5.23. The fraction of sp³-hybridized carbons (Fsp3) is 0.280. The molecule has 2 N–H and O–H groups in total. The van der Waals surface area contributed by atoms with Crippen LogP contribution in [0.5, 0.6) is 0 Å². The van der Waals surface area contributed by atoms with Crippen LogP contribution < -0.4 is 5.73 Å². The van der Waals surface area contributed by atoms with Gasteiger partial charge < -0.3 is 5.73 Å². The van der Waals surface area contributed by atoms with Gasteiger partial charge in [-0.15, -0.1) is 0 Å². The number of primary amides is 1. The number of fused-ring (bicyclic) bond motifs is 1. The van der Waals surface area contributed by atoms with E-state index in [1.807, 2.05) is 38.1 Å². The first-order valence-electron chi connectivity index (χ1n) is 9.98. The van der Waals surface area contributed by atoms with Gasteiger partial charge in [-0.3, -0.25) is 9.59 Å². The molecule has 0 bridgehead atoms. The van der Waals surface area contributed by atoms with Crippen molar-refractivity contribution in [3.05, 3.63) is 82.4 Å². The molecule has 0 fully saturated rings. The maximum absolute atomic E-state index is 11.4. The van der Waals surface area contributed by atoms with Crippen LogP contribution in [0.2, 0.25) is 0 Å². The molecule has 146 valence electrons. The Hall–Kier alpha value is -2.94. The zero-order valence-electron chi connectivity index (χ0n) is 16.8. The predicted molar refractivity (Wildman–Crippen MR) is 117 cm³/mol. The summed E-state index contributed by atoms with van der Waals surface area (Å²) in [7, 11) is 0. The number of hydrogen-bond donors (Lipinski definition) is 1. The molecule has 0 aliphatic heterocycles. The van der Waals surface area contributed by atoms with E-state index >= 15 is 0 Å². The lowest BCUT2D eigenvalue weighted by Crippen LogP contribution is -2.28. The monoisotopic (exact) mass is 375 g/mol. The lowest BCUT2D eigenvalue weighted by molar-refractivity contribution is -0.122. The van der Waals surface area contributed by atoms with E-state index in [0.717, 1.165) is 30.4 Å². The van der Waals surface area contributed by atoms with E-state index in [2.05, 4.69) is 30.4 Å². The van der Waals surface area contributed by atoms with Crippen LogP contribution >= 0.6 is 0 Å². The van der Waals surface area contributed by atoms with Gasteiger partial charge in [0.05, 0.1) is 0 Å².